The lowest BCUT2D eigenvalue weighted by Crippen LogP contribution is -2.74. The minimum absolute atomic E-state index is 0.0228. The zero-order valence-electron chi connectivity index (χ0n) is 11.3. The maximum atomic E-state index is 12.2. The van der Waals surface area contributed by atoms with Crippen LogP contribution in [0.25, 0.3) is 0 Å². The van der Waals surface area contributed by atoms with Crippen LogP contribution in [-0.4, -0.2) is 46.5 Å². The van der Waals surface area contributed by atoms with Gasteiger partial charge in [0.25, 0.3) is 5.91 Å². The fourth-order valence-electron chi connectivity index (χ4n) is 3.51. The molecule has 2 saturated heterocycles. The summed E-state index contributed by atoms with van der Waals surface area (Å²) in [6.45, 7) is 0.507. The first-order valence-corrected chi connectivity index (χ1v) is 7.10. The van der Waals surface area contributed by atoms with Gasteiger partial charge in [-0.3, -0.25) is 9.59 Å². The molecule has 5 heteroatoms. The normalized spacial score (nSPS) is 34.0. The molecule has 4 atom stereocenters. The topological polar surface area (TPSA) is 66.8 Å². The number of rotatable bonds is 2. The molecule has 0 bridgehead atoms. The predicted octanol–water partition coefficient (Wildman–Crippen LogP) is 0.535. The molecule has 3 aliphatic rings. The van der Waals surface area contributed by atoms with Crippen LogP contribution in [0.1, 0.15) is 6.42 Å². The monoisotopic (exact) mass is 285 g/mol. The van der Waals surface area contributed by atoms with E-state index in [4.69, 9.17) is 4.74 Å². The number of hydrogen-bond donors (Lipinski definition) is 1. The Balaban J connectivity index is 1.58. The Bertz CT molecular complexity index is 639. The number of nitrogens with zero attached hydrogens (tertiary/aromatic N) is 1. The van der Waals surface area contributed by atoms with Gasteiger partial charge in [-0.25, -0.2) is 0 Å². The van der Waals surface area contributed by atoms with Crippen LogP contribution in [-0.2, 0) is 9.59 Å². The Labute approximate surface area is 121 Å². The molecule has 0 saturated carbocycles. The van der Waals surface area contributed by atoms with E-state index in [1.165, 1.54) is 6.08 Å². The summed E-state index contributed by atoms with van der Waals surface area (Å²) in [6, 6.07) is 8.73. The van der Waals surface area contributed by atoms with E-state index in [1.807, 2.05) is 18.2 Å². The zero-order valence-corrected chi connectivity index (χ0v) is 11.3. The molecule has 2 fully saturated rings. The van der Waals surface area contributed by atoms with Gasteiger partial charge in [0.05, 0.1) is 0 Å². The highest BCUT2D eigenvalue weighted by Gasteiger charge is 2.58. The second-order valence-electron chi connectivity index (χ2n) is 5.79. The quantitative estimate of drug-likeness (QED) is 0.805. The fraction of sp³-hybridized carbons (Fsp3) is 0.375. The number of benzene rings is 1. The van der Waals surface area contributed by atoms with E-state index in [-0.39, 0.29) is 23.7 Å². The lowest BCUT2D eigenvalue weighted by Gasteiger charge is -2.53. The molecule has 5 nitrogen and oxygen atoms in total. The molecule has 0 radical (unpaired) electrons. The van der Waals surface area contributed by atoms with Gasteiger partial charge in [-0.2, -0.15) is 0 Å². The minimum atomic E-state index is -0.804. The Kier molecular flexibility index (Phi) is 2.65. The second kappa shape index (κ2) is 4.43. The van der Waals surface area contributed by atoms with Gasteiger partial charge in [0.15, 0.2) is 11.9 Å². The van der Waals surface area contributed by atoms with Crippen LogP contribution in [0.15, 0.2) is 42.0 Å². The van der Waals surface area contributed by atoms with Crippen molar-refractivity contribution in [3.05, 3.63) is 42.0 Å². The molecule has 108 valence electrons. The van der Waals surface area contributed by atoms with Crippen LogP contribution >= 0.6 is 0 Å². The average Bonchev–Trinajstić information content (AvgIpc) is 2.87. The molecular formula is C16H15NO4. The number of carbonyl (C=O) groups is 2. The van der Waals surface area contributed by atoms with Crippen molar-refractivity contribution in [2.24, 2.45) is 5.92 Å². The summed E-state index contributed by atoms with van der Waals surface area (Å²) in [6.07, 6.45) is 0.462. The van der Waals surface area contributed by atoms with Gasteiger partial charge in [0.1, 0.15) is 17.9 Å². The van der Waals surface area contributed by atoms with E-state index >= 15 is 0 Å². The van der Waals surface area contributed by atoms with E-state index in [2.05, 4.69) is 0 Å². The van der Waals surface area contributed by atoms with Gasteiger partial charge in [-0.15, -0.1) is 0 Å². The molecule has 4 rings (SSSR count). The summed E-state index contributed by atoms with van der Waals surface area (Å²) in [5.41, 5.74) is 0.760. The number of ketones is 1. The van der Waals surface area contributed by atoms with E-state index in [9.17, 15) is 14.7 Å². The Morgan fingerprint density at radius 3 is 2.71 bits per heavy atom. The first kappa shape index (κ1) is 12.6. The van der Waals surface area contributed by atoms with Gasteiger partial charge in [0.2, 0.25) is 0 Å². The van der Waals surface area contributed by atoms with Crippen molar-refractivity contribution in [3.63, 3.8) is 0 Å². The molecule has 1 aliphatic carbocycles. The fourth-order valence-corrected chi connectivity index (χ4v) is 3.51. The van der Waals surface area contributed by atoms with Crippen molar-refractivity contribution in [2.75, 3.05) is 6.54 Å². The number of aliphatic hydroxyl groups is 1. The number of ether oxygens (including phenoxy) is 1. The number of fused-ring (bicyclic) bond motifs is 2. The number of carbonyl (C=O) groups excluding carboxylic acids is 2. The number of β-lactam (4-membered cyclic amide) rings is 1. The largest absolute Gasteiger partial charge is 0.478 e. The number of aliphatic hydroxyl groups excluding tert-OH is 1. The van der Waals surface area contributed by atoms with E-state index in [1.54, 1.807) is 17.0 Å². The van der Waals surface area contributed by atoms with Crippen molar-refractivity contribution in [1.82, 2.24) is 4.90 Å². The minimum Gasteiger partial charge on any atom is -0.478 e. The smallest absolute Gasteiger partial charge is 0.266 e. The number of hydrogen-bond acceptors (Lipinski definition) is 4. The SMILES string of the molecule is O=C1C=C2C(O)[C@H]3[C@@H](Oc4ccccc4)C(=O)N3C[C@@H]2C1. The van der Waals surface area contributed by atoms with E-state index < -0.39 is 12.2 Å². The maximum absolute atomic E-state index is 12.2. The zero-order chi connectivity index (χ0) is 14.6. The Morgan fingerprint density at radius 2 is 1.95 bits per heavy atom. The summed E-state index contributed by atoms with van der Waals surface area (Å²) in [5, 5.41) is 10.5. The molecule has 1 aromatic rings. The molecule has 21 heavy (non-hydrogen) atoms. The van der Waals surface area contributed by atoms with Gasteiger partial charge < -0.3 is 14.7 Å². The van der Waals surface area contributed by atoms with Crippen LogP contribution in [0.5, 0.6) is 5.75 Å². The van der Waals surface area contributed by atoms with Gasteiger partial charge in [0, 0.05) is 18.9 Å². The third kappa shape index (κ3) is 1.81. The van der Waals surface area contributed by atoms with E-state index in [0.717, 1.165) is 5.57 Å². The van der Waals surface area contributed by atoms with E-state index in [0.29, 0.717) is 18.7 Å². The summed E-state index contributed by atoms with van der Waals surface area (Å²) in [7, 11) is 0. The van der Waals surface area contributed by atoms with Crippen molar-refractivity contribution < 1.29 is 19.4 Å². The molecular weight excluding hydrogens is 270 g/mol. The van der Waals surface area contributed by atoms with Gasteiger partial charge in [-0.05, 0) is 23.8 Å². The highest BCUT2D eigenvalue weighted by atomic mass is 16.5. The summed E-state index contributed by atoms with van der Waals surface area (Å²) in [5.74, 6) is 0.512. The number of allylic oxidation sites excluding steroid dienone is 1. The van der Waals surface area contributed by atoms with Crippen molar-refractivity contribution in [2.45, 2.75) is 24.7 Å². The van der Waals surface area contributed by atoms with Crippen LogP contribution in [0.4, 0.5) is 0 Å². The van der Waals surface area contributed by atoms with Gasteiger partial charge >= 0.3 is 0 Å². The van der Waals surface area contributed by atoms with Crippen LogP contribution < -0.4 is 4.74 Å². The Hall–Kier alpha value is -2.14. The third-order valence-electron chi connectivity index (χ3n) is 4.53. The molecule has 1 aromatic carbocycles. The molecule has 1 amide bonds. The van der Waals surface area contributed by atoms with Crippen LogP contribution in [0.2, 0.25) is 0 Å². The molecule has 2 aliphatic heterocycles. The lowest BCUT2D eigenvalue weighted by atomic mass is 9.79. The van der Waals surface area contributed by atoms with Crippen LogP contribution in [0.3, 0.4) is 0 Å². The molecule has 0 aromatic heterocycles. The first-order valence-electron chi connectivity index (χ1n) is 7.10. The highest BCUT2D eigenvalue weighted by molar-refractivity contribution is 5.95. The highest BCUT2D eigenvalue weighted by Crippen LogP contribution is 2.41. The molecule has 0 spiro atoms. The average molecular weight is 285 g/mol. The third-order valence-corrected chi connectivity index (χ3v) is 4.53. The standard InChI is InChI=1S/C16H15NO4/c18-10-6-9-8-17-13(14(19)12(9)7-10)15(16(17)20)21-11-4-2-1-3-5-11/h1-5,7,9,13-15,19H,6,8H2/t9-,13-,14?,15+/m0/s1. The van der Waals surface area contributed by atoms with Crippen molar-refractivity contribution in [3.8, 4) is 5.75 Å². The maximum Gasteiger partial charge on any atom is 0.266 e. The Morgan fingerprint density at radius 1 is 1.19 bits per heavy atom. The molecule has 2 heterocycles. The molecule has 1 N–H and O–H groups in total. The number of para-hydroxylation sites is 1. The molecule has 1 unspecified atom stereocenters. The first-order chi connectivity index (χ1) is 10.1. The number of amides is 1. The van der Waals surface area contributed by atoms with Crippen molar-refractivity contribution >= 4 is 11.7 Å². The lowest BCUT2D eigenvalue weighted by molar-refractivity contribution is -0.176. The van der Waals surface area contributed by atoms with Gasteiger partial charge in [-0.1, -0.05) is 18.2 Å². The second-order valence-corrected chi connectivity index (χ2v) is 5.79. The predicted molar refractivity (Wildman–Crippen MR) is 73.6 cm³/mol. The van der Waals surface area contributed by atoms with Crippen molar-refractivity contribution in [1.29, 1.82) is 0 Å². The summed E-state index contributed by atoms with van der Waals surface area (Å²) < 4.78 is 5.71. The summed E-state index contributed by atoms with van der Waals surface area (Å²) >= 11 is 0. The number of piperidine rings is 1. The summed E-state index contributed by atoms with van der Waals surface area (Å²) in [4.78, 5) is 25.4. The van der Waals surface area contributed by atoms with Crippen LogP contribution in [0, 0.1) is 5.92 Å².